The van der Waals surface area contributed by atoms with Crippen LogP contribution in [0.2, 0.25) is 5.02 Å². The van der Waals surface area contributed by atoms with Crippen molar-refractivity contribution in [1.29, 1.82) is 0 Å². The normalized spacial score (nSPS) is 15.5. The van der Waals surface area contributed by atoms with Crippen LogP contribution < -0.4 is 4.90 Å². The first-order valence-corrected chi connectivity index (χ1v) is 11.6. The van der Waals surface area contributed by atoms with E-state index in [2.05, 4.69) is 10.1 Å². The first-order valence-electron chi connectivity index (χ1n) is 9.82. The second-order valence-electron chi connectivity index (χ2n) is 7.57. The molecule has 4 rings (SSSR count). The molecule has 1 saturated heterocycles. The van der Waals surface area contributed by atoms with Crippen LogP contribution in [0.3, 0.4) is 0 Å². The highest BCUT2D eigenvalue weighted by atomic mass is 35.5. The number of piperazine rings is 1. The third-order valence-electron chi connectivity index (χ3n) is 5.64. The number of sulfonamides is 1. The molecule has 0 saturated carbocycles. The first kappa shape index (κ1) is 20.9. The summed E-state index contributed by atoms with van der Waals surface area (Å²) in [5.74, 6) is 0.606. The summed E-state index contributed by atoms with van der Waals surface area (Å²) in [5, 5.41) is 4.66. The zero-order valence-corrected chi connectivity index (χ0v) is 18.8. The van der Waals surface area contributed by atoms with E-state index < -0.39 is 10.0 Å². The largest absolute Gasteiger partial charge is 0.369 e. The zero-order chi connectivity index (χ0) is 21.5. The topological polar surface area (TPSA) is 66.7 Å². The van der Waals surface area contributed by atoms with Gasteiger partial charge >= 0.3 is 0 Å². The van der Waals surface area contributed by atoms with Crippen LogP contribution in [0.4, 0.5) is 5.69 Å². The smallest absolute Gasteiger partial charge is 0.243 e. The summed E-state index contributed by atoms with van der Waals surface area (Å²) in [6, 6.07) is 13.0. The monoisotopic (exact) mass is 445 g/mol. The maximum absolute atomic E-state index is 13.4. The fourth-order valence-electron chi connectivity index (χ4n) is 3.70. The molecule has 0 bridgehead atoms. The van der Waals surface area contributed by atoms with Gasteiger partial charge in [-0.05, 0) is 50.6 Å². The minimum Gasteiger partial charge on any atom is -0.369 e. The molecule has 8 heteroatoms. The van der Waals surface area contributed by atoms with Crippen LogP contribution >= 0.6 is 11.6 Å². The van der Waals surface area contributed by atoms with Gasteiger partial charge in [-0.15, -0.1) is 0 Å². The Bertz CT molecular complexity index is 1180. The molecule has 0 amide bonds. The minimum absolute atomic E-state index is 0.310. The van der Waals surface area contributed by atoms with Crippen molar-refractivity contribution < 1.29 is 12.9 Å². The van der Waals surface area contributed by atoms with Crippen molar-refractivity contribution in [2.75, 3.05) is 31.1 Å². The van der Waals surface area contributed by atoms with E-state index >= 15 is 0 Å². The van der Waals surface area contributed by atoms with E-state index in [4.69, 9.17) is 16.1 Å². The Labute approximate surface area is 182 Å². The van der Waals surface area contributed by atoms with E-state index in [-0.39, 0.29) is 0 Å². The first-order chi connectivity index (χ1) is 14.3. The van der Waals surface area contributed by atoms with Crippen molar-refractivity contribution in [2.24, 2.45) is 0 Å². The molecule has 6 nitrogen and oxygen atoms in total. The molecule has 1 fully saturated rings. The lowest BCUT2D eigenvalue weighted by molar-refractivity contribution is 0.384. The maximum Gasteiger partial charge on any atom is 0.243 e. The fourth-order valence-corrected chi connectivity index (χ4v) is 5.56. The highest BCUT2D eigenvalue weighted by Gasteiger charge is 2.30. The highest BCUT2D eigenvalue weighted by molar-refractivity contribution is 7.89. The van der Waals surface area contributed by atoms with Crippen LogP contribution in [0.5, 0.6) is 0 Å². The number of aryl methyl sites for hydroxylation is 2. The summed E-state index contributed by atoms with van der Waals surface area (Å²) in [6.45, 7) is 7.66. The average Bonchev–Trinajstić information content (AvgIpc) is 3.07. The summed E-state index contributed by atoms with van der Waals surface area (Å²) in [6.07, 6.45) is 0. The van der Waals surface area contributed by atoms with E-state index in [0.29, 0.717) is 47.4 Å². The Balaban J connectivity index is 1.58. The Kier molecular flexibility index (Phi) is 5.61. The SMILES string of the molecule is Cc1ccc(-c2onc(C)c2C)cc1S(=O)(=O)N1CCN(c2cccc(Cl)c2)CC1. The van der Waals surface area contributed by atoms with Crippen molar-refractivity contribution in [2.45, 2.75) is 25.7 Å². The number of halogens is 1. The Morgan fingerprint density at radius 1 is 1.00 bits per heavy atom. The molecule has 158 valence electrons. The van der Waals surface area contributed by atoms with Crippen LogP contribution in [-0.4, -0.2) is 44.1 Å². The molecular weight excluding hydrogens is 422 g/mol. The van der Waals surface area contributed by atoms with Gasteiger partial charge < -0.3 is 9.42 Å². The molecule has 30 heavy (non-hydrogen) atoms. The molecule has 0 spiro atoms. The van der Waals surface area contributed by atoms with E-state index in [1.165, 1.54) is 0 Å². The second-order valence-corrected chi connectivity index (χ2v) is 9.92. The van der Waals surface area contributed by atoms with Gasteiger partial charge in [0.05, 0.1) is 10.6 Å². The lowest BCUT2D eigenvalue weighted by Crippen LogP contribution is -2.48. The minimum atomic E-state index is -3.62. The van der Waals surface area contributed by atoms with E-state index in [0.717, 1.165) is 22.5 Å². The zero-order valence-electron chi connectivity index (χ0n) is 17.2. The molecule has 2 heterocycles. The van der Waals surface area contributed by atoms with Gasteiger partial charge in [0, 0.05) is 48.0 Å². The van der Waals surface area contributed by atoms with E-state index in [1.807, 2.05) is 57.2 Å². The van der Waals surface area contributed by atoms with Crippen molar-refractivity contribution >= 4 is 27.3 Å². The van der Waals surface area contributed by atoms with Gasteiger partial charge in [0.1, 0.15) is 0 Å². The molecule has 0 aliphatic carbocycles. The number of rotatable bonds is 4. The second kappa shape index (κ2) is 8.06. The predicted molar refractivity (Wildman–Crippen MR) is 119 cm³/mol. The van der Waals surface area contributed by atoms with E-state index in [9.17, 15) is 8.42 Å². The van der Waals surface area contributed by atoms with Crippen LogP contribution in [0, 0.1) is 20.8 Å². The van der Waals surface area contributed by atoms with Gasteiger partial charge in [-0.25, -0.2) is 8.42 Å². The lowest BCUT2D eigenvalue weighted by atomic mass is 10.1. The van der Waals surface area contributed by atoms with Crippen molar-refractivity contribution in [3.8, 4) is 11.3 Å². The molecule has 3 aromatic rings. The summed E-state index contributed by atoms with van der Waals surface area (Å²) in [7, 11) is -3.62. The number of benzene rings is 2. The van der Waals surface area contributed by atoms with Crippen molar-refractivity contribution in [3.05, 3.63) is 64.3 Å². The van der Waals surface area contributed by atoms with Gasteiger partial charge in [0.25, 0.3) is 0 Å². The van der Waals surface area contributed by atoms with Gasteiger partial charge in [0.2, 0.25) is 10.0 Å². The number of anilines is 1. The summed E-state index contributed by atoms with van der Waals surface area (Å²) < 4.78 is 33.8. The van der Waals surface area contributed by atoms with Crippen LogP contribution in [0.25, 0.3) is 11.3 Å². The molecule has 1 aliphatic rings. The molecule has 0 radical (unpaired) electrons. The van der Waals surface area contributed by atoms with Crippen LogP contribution in [0.1, 0.15) is 16.8 Å². The average molecular weight is 446 g/mol. The van der Waals surface area contributed by atoms with Crippen LogP contribution in [0.15, 0.2) is 51.9 Å². The van der Waals surface area contributed by atoms with E-state index in [1.54, 1.807) is 10.4 Å². The van der Waals surface area contributed by atoms with Crippen molar-refractivity contribution in [3.63, 3.8) is 0 Å². The highest BCUT2D eigenvalue weighted by Crippen LogP contribution is 2.31. The van der Waals surface area contributed by atoms with Crippen LogP contribution in [-0.2, 0) is 10.0 Å². The quantitative estimate of drug-likeness (QED) is 0.594. The van der Waals surface area contributed by atoms with Gasteiger partial charge in [-0.1, -0.05) is 35.0 Å². The lowest BCUT2D eigenvalue weighted by Gasteiger charge is -2.35. The van der Waals surface area contributed by atoms with Gasteiger partial charge in [-0.3, -0.25) is 0 Å². The Hall–Kier alpha value is -2.35. The summed E-state index contributed by atoms with van der Waals surface area (Å²) >= 11 is 6.10. The number of aromatic nitrogens is 1. The molecule has 0 N–H and O–H groups in total. The van der Waals surface area contributed by atoms with Crippen molar-refractivity contribution in [1.82, 2.24) is 9.46 Å². The number of hydrogen-bond acceptors (Lipinski definition) is 5. The third-order valence-corrected chi connectivity index (χ3v) is 7.91. The standard InChI is InChI=1S/C22H24ClN3O3S/c1-15-7-8-18(22-16(2)17(3)24-29-22)13-21(15)30(27,28)26-11-9-25(10-12-26)20-6-4-5-19(23)14-20/h4-8,13-14H,9-12H2,1-3H3. The fraction of sp³-hybridized carbons (Fsp3) is 0.318. The number of nitrogens with zero attached hydrogens (tertiary/aromatic N) is 3. The van der Waals surface area contributed by atoms with Gasteiger partial charge in [-0.2, -0.15) is 4.31 Å². The predicted octanol–water partition coefficient (Wildman–Crippen LogP) is 4.43. The maximum atomic E-state index is 13.4. The Morgan fingerprint density at radius 3 is 2.37 bits per heavy atom. The molecule has 0 atom stereocenters. The molecular formula is C22H24ClN3O3S. The summed E-state index contributed by atoms with van der Waals surface area (Å²) in [5.41, 5.74) is 4.15. The molecule has 2 aromatic carbocycles. The molecule has 1 aliphatic heterocycles. The number of hydrogen-bond donors (Lipinski definition) is 0. The Morgan fingerprint density at radius 2 is 1.73 bits per heavy atom. The molecule has 0 unspecified atom stereocenters. The van der Waals surface area contributed by atoms with Gasteiger partial charge in [0.15, 0.2) is 5.76 Å². The third kappa shape index (κ3) is 3.85. The molecule has 1 aromatic heterocycles. The summed E-state index contributed by atoms with van der Waals surface area (Å²) in [4.78, 5) is 2.46.